The molecule has 1 saturated heterocycles. The second kappa shape index (κ2) is 4.51. The fraction of sp³-hybridized carbons (Fsp3) is 0.700. The molecular formula is C10H16FNO. The van der Waals surface area contributed by atoms with Gasteiger partial charge in [0.05, 0.1) is 0 Å². The molecule has 0 N–H and O–H groups in total. The molecule has 2 nitrogen and oxygen atoms in total. The third-order valence-corrected chi connectivity index (χ3v) is 2.13. The highest BCUT2D eigenvalue weighted by Crippen LogP contribution is 2.10. The Morgan fingerprint density at radius 1 is 1.62 bits per heavy atom. The van der Waals surface area contributed by atoms with Gasteiger partial charge in [0.15, 0.2) is 5.78 Å². The quantitative estimate of drug-likeness (QED) is 0.617. The van der Waals surface area contributed by atoms with Crippen LogP contribution < -0.4 is 0 Å². The smallest absolute Gasteiger partial charge is 0.157 e. The standard InChI is InChI=1S/C10H16FNO/c1-8(2)10(13)4-3-5-12-6-9(11)7-12/h3-4,8-9H,5-7H2,1-2H3/b4-3+. The van der Waals surface area contributed by atoms with E-state index in [1.54, 1.807) is 6.08 Å². The first-order chi connectivity index (χ1) is 6.09. The van der Waals surface area contributed by atoms with Crippen LogP contribution in [0, 0.1) is 5.92 Å². The third kappa shape index (κ3) is 3.27. The molecule has 1 aliphatic heterocycles. The zero-order valence-electron chi connectivity index (χ0n) is 8.16. The normalized spacial score (nSPS) is 19.7. The molecule has 74 valence electrons. The summed E-state index contributed by atoms with van der Waals surface area (Å²) >= 11 is 0. The van der Waals surface area contributed by atoms with E-state index in [4.69, 9.17) is 0 Å². The Morgan fingerprint density at radius 3 is 2.69 bits per heavy atom. The van der Waals surface area contributed by atoms with Gasteiger partial charge >= 0.3 is 0 Å². The van der Waals surface area contributed by atoms with Crippen LogP contribution in [-0.2, 0) is 4.79 Å². The molecule has 0 atom stereocenters. The van der Waals surface area contributed by atoms with Crippen LogP contribution in [0.15, 0.2) is 12.2 Å². The van der Waals surface area contributed by atoms with Gasteiger partial charge in [0.1, 0.15) is 6.17 Å². The van der Waals surface area contributed by atoms with Crippen molar-refractivity contribution in [2.24, 2.45) is 5.92 Å². The molecule has 0 radical (unpaired) electrons. The number of halogens is 1. The highest BCUT2D eigenvalue weighted by Gasteiger charge is 2.24. The average molecular weight is 185 g/mol. The van der Waals surface area contributed by atoms with Crippen molar-refractivity contribution < 1.29 is 9.18 Å². The molecule has 13 heavy (non-hydrogen) atoms. The Kier molecular flexibility index (Phi) is 3.60. The van der Waals surface area contributed by atoms with Crippen LogP contribution in [0.3, 0.4) is 0 Å². The van der Waals surface area contributed by atoms with E-state index in [-0.39, 0.29) is 11.7 Å². The van der Waals surface area contributed by atoms with Gasteiger partial charge in [0, 0.05) is 25.6 Å². The molecule has 0 aromatic carbocycles. The Morgan fingerprint density at radius 2 is 2.23 bits per heavy atom. The lowest BCUT2D eigenvalue weighted by Crippen LogP contribution is -2.48. The Hall–Kier alpha value is -0.700. The van der Waals surface area contributed by atoms with E-state index in [2.05, 4.69) is 0 Å². The van der Waals surface area contributed by atoms with Crippen molar-refractivity contribution in [1.29, 1.82) is 0 Å². The summed E-state index contributed by atoms with van der Waals surface area (Å²) in [5, 5.41) is 0. The second-order valence-corrected chi connectivity index (χ2v) is 3.78. The van der Waals surface area contributed by atoms with E-state index in [1.807, 2.05) is 24.8 Å². The van der Waals surface area contributed by atoms with Crippen molar-refractivity contribution in [3.05, 3.63) is 12.2 Å². The Bertz CT molecular complexity index is 207. The number of hydrogen-bond donors (Lipinski definition) is 0. The Balaban J connectivity index is 2.15. The molecule has 0 saturated carbocycles. The van der Waals surface area contributed by atoms with Crippen molar-refractivity contribution in [2.75, 3.05) is 19.6 Å². The second-order valence-electron chi connectivity index (χ2n) is 3.78. The molecule has 0 amide bonds. The molecule has 1 rings (SSSR count). The maximum Gasteiger partial charge on any atom is 0.157 e. The monoisotopic (exact) mass is 185 g/mol. The van der Waals surface area contributed by atoms with Crippen molar-refractivity contribution in [3.63, 3.8) is 0 Å². The lowest BCUT2D eigenvalue weighted by Gasteiger charge is -2.33. The van der Waals surface area contributed by atoms with Crippen molar-refractivity contribution >= 4 is 5.78 Å². The van der Waals surface area contributed by atoms with Gasteiger partial charge in [-0.05, 0) is 6.08 Å². The molecule has 1 heterocycles. The van der Waals surface area contributed by atoms with Crippen molar-refractivity contribution in [2.45, 2.75) is 20.0 Å². The number of carbonyl (C=O) groups is 1. The van der Waals surface area contributed by atoms with Gasteiger partial charge in [0.25, 0.3) is 0 Å². The first kappa shape index (κ1) is 10.4. The first-order valence-electron chi connectivity index (χ1n) is 4.66. The van der Waals surface area contributed by atoms with Crippen molar-refractivity contribution in [1.82, 2.24) is 4.90 Å². The van der Waals surface area contributed by atoms with Gasteiger partial charge in [-0.2, -0.15) is 0 Å². The number of hydrogen-bond acceptors (Lipinski definition) is 2. The maximum atomic E-state index is 12.3. The van der Waals surface area contributed by atoms with Gasteiger partial charge in [-0.3, -0.25) is 9.69 Å². The topological polar surface area (TPSA) is 20.3 Å². The molecule has 0 unspecified atom stereocenters. The summed E-state index contributed by atoms with van der Waals surface area (Å²) < 4.78 is 12.3. The molecule has 1 fully saturated rings. The van der Waals surface area contributed by atoms with Crippen LogP contribution in [0.25, 0.3) is 0 Å². The summed E-state index contributed by atoms with van der Waals surface area (Å²) in [6, 6.07) is 0. The van der Waals surface area contributed by atoms with Crippen LogP contribution in [-0.4, -0.2) is 36.5 Å². The van der Waals surface area contributed by atoms with E-state index in [1.165, 1.54) is 0 Å². The average Bonchev–Trinajstić information content (AvgIpc) is 2.00. The van der Waals surface area contributed by atoms with E-state index < -0.39 is 6.17 Å². The predicted octanol–water partition coefficient (Wildman–Crippen LogP) is 1.42. The SMILES string of the molecule is CC(C)C(=O)/C=C/CN1CC(F)C1. The lowest BCUT2D eigenvalue weighted by atomic mass is 10.1. The number of alkyl halides is 1. The van der Waals surface area contributed by atoms with Gasteiger partial charge in [-0.1, -0.05) is 19.9 Å². The predicted molar refractivity (Wildman–Crippen MR) is 50.3 cm³/mol. The van der Waals surface area contributed by atoms with E-state index in [9.17, 15) is 9.18 Å². The molecule has 1 aliphatic rings. The molecule has 0 aromatic rings. The van der Waals surface area contributed by atoms with E-state index in [0.29, 0.717) is 19.6 Å². The first-order valence-corrected chi connectivity index (χ1v) is 4.66. The van der Waals surface area contributed by atoms with Gasteiger partial charge < -0.3 is 0 Å². The highest BCUT2D eigenvalue weighted by molar-refractivity contribution is 5.91. The summed E-state index contributed by atoms with van der Waals surface area (Å²) in [4.78, 5) is 13.1. The van der Waals surface area contributed by atoms with E-state index >= 15 is 0 Å². The minimum absolute atomic E-state index is 0.0570. The number of likely N-dealkylation sites (tertiary alicyclic amines) is 1. The molecule has 3 heteroatoms. The summed E-state index contributed by atoms with van der Waals surface area (Å²) in [6.45, 7) is 5.46. The highest BCUT2D eigenvalue weighted by atomic mass is 19.1. The van der Waals surface area contributed by atoms with Gasteiger partial charge in [0.2, 0.25) is 0 Å². The zero-order chi connectivity index (χ0) is 9.84. The fourth-order valence-corrected chi connectivity index (χ4v) is 1.17. The van der Waals surface area contributed by atoms with Crippen LogP contribution in [0.5, 0.6) is 0 Å². The number of carbonyl (C=O) groups excluding carboxylic acids is 1. The summed E-state index contributed by atoms with van der Waals surface area (Å²) in [5.74, 6) is 0.193. The van der Waals surface area contributed by atoms with Crippen LogP contribution in [0.1, 0.15) is 13.8 Å². The minimum atomic E-state index is -0.658. The third-order valence-electron chi connectivity index (χ3n) is 2.13. The number of rotatable bonds is 4. The summed E-state index contributed by atoms with van der Waals surface area (Å²) in [7, 11) is 0. The number of nitrogens with zero attached hydrogens (tertiary/aromatic N) is 1. The van der Waals surface area contributed by atoms with Gasteiger partial charge in [-0.25, -0.2) is 4.39 Å². The van der Waals surface area contributed by atoms with Crippen molar-refractivity contribution in [3.8, 4) is 0 Å². The van der Waals surface area contributed by atoms with Gasteiger partial charge in [-0.15, -0.1) is 0 Å². The Labute approximate surface area is 78.4 Å². The molecule has 0 spiro atoms. The zero-order valence-corrected chi connectivity index (χ0v) is 8.16. The van der Waals surface area contributed by atoms with Crippen LogP contribution in [0.2, 0.25) is 0 Å². The molecule has 0 aliphatic carbocycles. The number of allylic oxidation sites excluding steroid dienone is 1. The maximum absolute atomic E-state index is 12.3. The molecule has 0 bridgehead atoms. The lowest BCUT2D eigenvalue weighted by molar-refractivity contribution is -0.117. The molecule has 0 aromatic heterocycles. The minimum Gasteiger partial charge on any atom is -0.295 e. The van der Waals surface area contributed by atoms with Crippen LogP contribution >= 0.6 is 0 Å². The number of ketones is 1. The van der Waals surface area contributed by atoms with Crippen LogP contribution in [0.4, 0.5) is 4.39 Å². The largest absolute Gasteiger partial charge is 0.295 e. The summed E-state index contributed by atoms with van der Waals surface area (Å²) in [5.41, 5.74) is 0. The summed E-state index contributed by atoms with van der Waals surface area (Å²) in [6.07, 6.45) is 2.75. The van der Waals surface area contributed by atoms with E-state index in [0.717, 1.165) is 0 Å². The fourth-order valence-electron chi connectivity index (χ4n) is 1.17. The molecular weight excluding hydrogens is 169 g/mol.